The van der Waals surface area contributed by atoms with Gasteiger partial charge in [0.2, 0.25) is 5.65 Å². The van der Waals surface area contributed by atoms with Gasteiger partial charge in [0, 0.05) is 17.8 Å². The van der Waals surface area contributed by atoms with Gasteiger partial charge in [0.1, 0.15) is 5.75 Å². The molecule has 2 bridgehead atoms. The number of ether oxygens (including phenoxy) is 3. The third-order valence-electron chi connectivity index (χ3n) is 6.48. The molecule has 1 saturated carbocycles. The standard InChI is InChI=1S/C23H25N3O4/c1-22-8-9-23(13-22,14-30-22)19-12-26-11-15(24-21(29-3)20(26)25-19)10-17(27)16-6-4-5-7-18(16)28-2/h4-7,11-12H,8-10,13-14H2,1-3H3. The van der Waals surface area contributed by atoms with E-state index in [1.165, 1.54) is 0 Å². The van der Waals surface area contributed by atoms with Gasteiger partial charge in [-0.1, -0.05) is 12.1 Å². The number of methoxy groups -OCH3 is 2. The zero-order chi connectivity index (χ0) is 20.9. The van der Waals surface area contributed by atoms with Crippen molar-refractivity contribution in [2.75, 3.05) is 20.8 Å². The Hall–Kier alpha value is -2.93. The maximum absolute atomic E-state index is 12.9. The summed E-state index contributed by atoms with van der Waals surface area (Å²) in [4.78, 5) is 22.3. The number of para-hydroxylation sites is 1. The van der Waals surface area contributed by atoms with Crippen LogP contribution in [0, 0.1) is 0 Å². The molecule has 0 N–H and O–H groups in total. The van der Waals surface area contributed by atoms with Crippen molar-refractivity contribution in [3.8, 4) is 11.6 Å². The minimum absolute atomic E-state index is 0.0372. The molecule has 7 heteroatoms. The number of aromatic nitrogens is 3. The molecule has 1 saturated heterocycles. The number of hydrogen-bond acceptors (Lipinski definition) is 6. The van der Waals surface area contributed by atoms with E-state index >= 15 is 0 Å². The summed E-state index contributed by atoms with van der Waals surface area (Å²) in [6.07, 6.45) is 7.15. The van der Waals surface area contributed by atoms with Gasteiger partial charge in [0.25, 0.3) is 5.88 Å². The van der Waals surface area contributed by atoms with E-state index < -0.39 is 0 Å². The number of Topliss-reactive ketones (excluding diaryl/α,β-unsaturated/α-hetero) is 1. The van der Waals surface area contributed by atoms with Crippen molar-refractivity contribution in [2.24, 2.45) is 0 Å². The van der Waals surface area contributed by atoms with Crippen molar-refractivity contribution in [1.82, 2.24) is 14.4 Å². The minimum atomic E-state index is -0.0592. The van der Waals surface area contributed by atoms with Crippen LogP contribution in [0.5, 0.6) is 11.6 Å². The summed E-state index contributed by atoms with van der Waals surface area (Å²) in [5.74, 6) is 0.920. The van der Waals surface area contributed by atoms with E-state index in [9.17, 15) is 4.79 Å². The lowest BCUT2D eigenvalue weighted by Crippen LogP contribution is -2.26. The lowest BCUT2D eigenvalue weighted by atomic mass is 9.84. The number of carbonyl (C=O) groups is 1. The van der Waals surface area contributed by atoms with E-state index in [2.05, 4.69) is 11.9 Å². The van der Waals surface area contributed by atoms with E-state index in [-0.39, 0.29) is 23.2 Å². The van der Waals surface area contributed by atoms with Crippen LogP contribution in [0.4, 0.5) is 0 Å². The molecule has 2 atom stereocenters. The van der Waals surface area contributed by atoms with Gasteiger partial charge in [-0.15, -0.1) is 0 Å². The SMILES string of the molecule is COc1ccccc1C(=O)Cc1cn2cc(C34CCC(C)(C3)OC4)nc2c(OC)n1. The Morgan fingerprint density at radius 2 is 2.00 bits per heavy atom. The van der Waals surface area contributed by atoms with Crippen LogP contribution < -0.4 is 9.47 Å². The second kappa shape index (κ2) is 6.80. The second-order valence-electron chi connectivity index (χ2n) is 8.59. The van der Waals surface area contributed by atoms with Gasteiger partial charge in [-0.2, -0.15) is 0 Å². The topological polar surface area (TPSA) is 75.0 Å². The molecule has 3 aromatic rings. The summed E-state index contributed by atoms with van der Waals surface area (Å²) in [5, 5.41) is 0. The van der Waals surface area contributed by atoms with Crippen LogP contribution in [-0.2, 0) is 16.6 Å². The Balaban J connectivity index is 1.49. The molecule has 2 aromatic heterocycles. The Bertz CT molecular complexity index is 1130. The second-order valence-corrected chi connectivity index (χ2v) is 8.59. The Labute approximate surface area is 175 Å². The maximum atomic E-state index is 12.9. The van der Waals surface area contributed by atoms with Crippen LogP contribution in [0.1, 0.15) is 47.9 Å². The highest BCUT2D eigenvalue weighted by Gasteiger charge is 2.55. The van der Waals surface area contributed by atoms with Gasteiger partial charge in [-0.3, -0.25) is 4.79 Å². The lowest BCUT2D eigenvalue weighted by molar-refractivity contribution is -0.00627. The molecule has 1 aliphatic carbocycles. The summed E-state index contributed by atoms with van der Waals surface area (Å²) < 4.78 is 18.8. The zero-order valence-electron chi connectivity index (χ0n) is 17.5. The first-order valence-electron chi connectivity index (χ1n) is 10.2. The van der Waals surface area contributed by atoms with Gasteiger partial charge < -0.3 is 18.6 Å². The Morgan fingerprint density at radius 3 is 2.67 bits per heavy atom. The fourth-order valence-electron chi connectivity index (χ4n) is 4.88. The van der Waals surface area contributed by atoms with Crippen molar-refractivity contribution < 1.29 is 19.0 Å². The number of imidazole rings is 1. The largest absolute Gasteiger partial charge is 0.496 e. The molecule has 1 aromatic carbocycles. The fraction of sp³-hybridized carbons (Fsp3) is 0.435. The van der Waals surface area contributed by atoms with Gasteiger partial charge >= 0.3 is 0 Å². The summed E-state index contributed by atoms with van der Waals surface area (Å²) >= 11 is 0. The summed E-state index contributed by atoms with van der Waals surface area (Å²) in [5.41, 5.74) is 2.76. The maximum Gasteiger partial charge on any atom is 0.258 e. The van der Waals surface area contributed by atoms with Crippen molar-refractivity contribution in [3.63, 3.8) is 0 Å². The smallest absolute Gasteiger partial charge is 0.258 e. The van der Waals surface area contributed by atoms with Gasteiger partial charge in [0.15, 0.2) is 5.78 Å². The van der Waals surface area contributed by atoms with Crippen molar-refractivity contribution >= 4 is 11.4 Å². The van der Waals surface area contributed by atoms with Crippen LogP contribution in [-0.4, -0.2) is 46.6 Å². The highest BCUT2D eigenvalue weighted by atomic mass is 16.5. The zero-order valence-corrected chi connectivity index (χ0v) is 17.5. The predicted octanol–water partition coefficient (Wildman–Crippen LogP) is 3.38. The average Bonchev–Trinajstić information content (AvgIpc) is 3.44. The Morgan fingerprint density at radius 1 is 1.17 bits per heavy atom. The normalized spacial score (nSPS) is 25.0. The summed E-state index contributed by atoms with van der Waals surface area (Å²) in [7, 11) is 3.14. The van der Waals surface area contributed by atoms with Crippen LogP contribution in [0.25, 0.3) is 5.65 Å². The van der Waals surface area contributed by atoms with Gasteiger partial charge in [-0.05, 0) is 38.3 Å². The molecule has 0 amide bonds. The number of nitrogens with zero attached hydrogens (tertiary/aromatic N) is 3. The molecule has 2 unspecified atom stereocenters. The highest BCUT2D eigenvalue weighted by Crippen LogP contribution is 2.53. The van der Waals surface area contributed by atoms with Crippen LogP contribution in [0.15, 0.2) is 36.7 Å². The molecule has 7 nitrogen and oxygen atoms in total. The van der Waals surface area contributed by atoms with Crippen LogP contribution in [0.3, 0.4) is 0 Å². The lowest BCUT2D eigenvalue weighted by Gasteiger charge is -2.24. The first kappa shape index (κ1) is 19.1. The first-order chi connectivity index (χ1) is 14.5. The van der Waals surface area contributed by atoms with E-state index in [1.54, 1.807) is 26.4 Å². The van der Waals surface area contributed by atoms with Crippen molar-refractivity contribution in [2.45, 2.75) is 43.6 Å². The van der Waals surface area contributed by atoms with Crippen LogP contribution in [0.2, 0.25) is 0 Å². The van der Waals surface area contributed by atoms with E-state index in [0.29, 0.717) is 35.1 Å². The molecule has 30 heavy (non-hydrogen) atoms. The van der Waals surface area contributed by atoms with Gasteiger partial charge in [0.05, 0.1) is 49.8 Å². The highest BCUT2D eigenvalue weighted by molar-refractivity contribution is 5.99. The minimum Gasteiger partial charge on any atom is -0.496 e. The van der Waals surface area contributed by atoms with E-state index in [4.69, 9.17) is 19.2 Å². The molecule has 2 aliphatic rings. The molecule has 0 spiro atoms. The van der Waals surface area contributed by atoms with Crippen molar-refractivity contribution in [1.29, 1.82) is 0 Å². The van der Waals surface area contributed by atoms with E-state index in [1.807, 2.05) is 28.9 Å². The molecule has 5 rings (SSSR count). The predicted molar refractivity (Wildman–Crippen MR) is 110 cm³/mol. The molecule has 3 heterocycles. The Kier molecular flexibility index (Phi) is 4.32. The summed E-state index contributed by atoms with van der Waals surface area (Å²) in [6.45, 7) is 2.88. The third-order valence-corrected chi connectivity index (χ3v) is 6.48. The molecule has 0 radical (unpaired) electrons. The number of benzene rings is 1. The number of hydrogen-bond donors (Lipinski definition) is 0. The molecular formula is C23H25N3O4. The third kappa shape index (κ3) is 2.96. The number of rotatable bonds is 6. The molecule has 2 fully saturated rings. The molecule has 156 valence electrons. The average molecular weight is 407 g/mol. The number of fused-ring (bicyclic) bond motifs is 3. The summed E-state index contributed by atoms with van der Waals surface area (Å²) in [6, 6.07) is 7.22. The molecule has 1 aliphatic heterocycles. The number of ketones is 1. The fourth-order valence-corrected chi connectivity index (χ4v) is 4.88. The monoisotopic (exact) mass is 407 g/mol. The van der Waals surface area contributed by atoms with Crippen LogP contribution >= 0.6 is 0 Å². The quantitative estimate of drug-likeness (QED) is 0.583. The van der Waals surface area contributed by atoms with Crippen molar-refractivity contribution in [3.05, 3.63) is 53.6 Å². The number of carbonyl (C=O) groups excluding carboxylic acids is 1. The van der Waals surface area contributed by atoms with Gasteiger partial charge in [-0.25, -0.2) is 9.97 Å². The van der Waals surface area contributed by atoms with E-state index in [0.717, 1.165) is 25.0 Å². The first-order valence-corrected chi connectivity index (χ1v) is 10.2. The molecular weight excluding hydrogens is 382 g/mol.